The van der Waals surface area contributed by atoms with Crippen LogP contribution in [0.25, 0.3) is 10.9 Å². The summed E-state index contributed by atoms with van der Waals surface area (Å²) in [4.78, 5) is 43.4. The number of para-hydroxylation sites is 1. The number of hydrogen-bond donors (Lipinski definition) is 1. The number of aliphatic hydroxyl groups excluding tert-OH is 1. The van der Waals surface area contributed by atoms with Crippen molar-refractivity contribution in [3.8, 4) is 0 Å². The molecule has 7 nitrogen and oxygen atoms in total. The average molecular weight is 377 g/mol. The summed E-state index contributed by atoms with van der Waals surface area (Å²) in [5, 5.41) is 9.82. The third kappa shape index (κ3) is 2.99. The van der Waals surface area contributed by atoms with Gasteiger partial charge in [0.25, 0.3) is 17.4 Å². The van der Waals surface area contributed by atoms with Gasteiger partial charge in [0, 0.05) is 13.0 Å². The van der Waals surface area contributed by atoms with E-state index in [1.807, 2.05) is 6.07 Å². The lowest BCUT2D eigenvalue weighted by Gasteiger charge is -2.15. The Kier molecular flexibility index (Phi) is 4.75. The van der Waals surface area contributed by atoms with Gasteiger partial charge in [-0.15, -0.1) is 0 Å². The number of aromatic nitrogens is 2. The van der Waals surface area contributed by atoms with E-state index in [9.17, 15) is 19.5 Å². The summed E-state index contributed by atoms with van der Waals surface area (Å²) in [6.07, 6.45) is 0.884. The van der Waals surface area contributed by atoms with Gasteiger partial charge in [0.05, 0.1) is 35.2 Å². The summed E-state index contributed by atoms with van der Waals surface area (Å²) < 4.78 is 1.46. The molecule has 0 saturated heterocycles. The fourth-order valence-electron chi connectivity index (χ4n) is 3.57. The molecule has 4 rings (SSSR count). The van der Waals surface area contributed by atoms with Crippen molar-refractivity contribution < 1.29 is 14.7 Å². The van der Waals surface area contributed by atoms with Gasteiger partial charge in [0.15, 0.2) is 0 Å². The number of hydrogen-bond acceptors (Lipinski definition) is 5. The maximum absolute atomic E-state index is 12.7. The van der Waals surface area contributed by atoms with Gasteiger partial charge in [-0.2, -0.15) is 0 Å². The zero-order valence-electron chi connectivity index (χ0n) is 15.2. The number of amides is 2. The molecular weight excluding hydrogens is 358 g/mol. The first kappa shape index (κ1) is 18.1. The maximum atomic E-state index is 12.7. The van der Waals surface area contributed by atoms with E-state index in [2.05, 4.69) is 4.98 Å². The van der Waals surface area contributed by atoms with Gasteiger partial charge in [0.1, 0.15) is 5.82 Å². The first-order valence-electron chi connectivity index (χ1n) is 9.16. The van der Waals surface area contributed by atoms with E-state index in [0.29, 0.717) is 40.7 Å². The van der Waals surface area contributed by atoms with E-state index in [0.717, 1.165) is 0 Å². The Balaban J connectivity index is 1.55. The molecule has 2 heterocycles. The second-order valence-corrected chi connectivity index (χ2v) is 6.64. The van der Waals surface area contributed by atoms with Crippen LogP contribution in [0.1, 0.15) is 33.0 Å². The lowest BCUT2D eigenvalue weighted by molar-refractivity contribution is 0.0652. The lowest BCUT2D eigenvalue weighted by Crippen LogP contribution is -2.32. The Morgan fingerprint density at radius 3 is 2.18 bits per heavy atom. The average Bonchev–Trinajstić information content (AvgIpc) is 2.96. The van der Waals surface area contributed by atoms with Crippen molar-refractivity contribution in [1.82, 2.24) is 14.5 Å². The number of imide groups is 1. The molecule has 2 aromatic carbocycles. The first-order chi connectivity index (χ1) is 13.6. The Labute approximate surface area is 160 Å². The van der Waals surface area contributed by atoms with Crippen molar-refractivity contribution in [1.29, 1.82) is 0 Å². The van der Waals surface area contributed by atoms with E-state index < -0.39 is 0 Å². The van der Waals surface area contributed by atoms with Crippen LogP contribution < -0.4 is 5.56 Å². The van der Waals surface area contributed by atoms with Crippen LogP contribution in [0.2, 0.25) is 0 Å². The number of rotatable bonds is 6. The van der Waals surface area contributed by atoms with Crippen LogP contribution in [0, 0.1) is 0 Å². The van der Waals surface area contributed by atoms with E-state index >= 15 is 0 Å². The molecule has 0 radical (unpaired) electrons. The quantitative estimate of drug-likeness (QED) is 0.659. The Morgan fingerprint density at radius 2 is 1.50 bits per heavy atom. The van der Waals surface area contributed by atoms with Crippen LogP contribution in [0.15, 0.2) is 53.3 Å². The Hall–Kier alpha value is -3.32. The molecule has 0 fully saturated rings. The summed E-state index contributed by atoms with van der Waals surface area (Å²) in [5.41, 5.74) is 1.25. The molecule has 0 unspecified atom stereocenters. The predicted molar refractivity (Wildman–Crippen MR) is 103 cm³/mol. The number of nitrogens with zero attached hydrogens (tertiary/aromatic N) is 3. The number of aryl methyl sites for hydroxylation is 1. The number of aliphatic hydroxyl groups is 1. The highest BCUT2D eigenvalue weighted by Crippen LogP contribution is 2.22. The standard InChI is InChI=1S/C21H19N3O4/c25-13-12-23-18(22-17-9-4-3-8-16(17)21(23)28)10-5-11-24-19(26)14-6-1-2-7-15(14)20(24)27/h1-4,6-9,25H,5,10-13H2. The fraction of sp³-hybridized carbons (Fsp3) is 0.238. The monoisotopic (exact) mass is 377 g/mol. The summed E-state index contributed by atoms with van der Waals surface area (Å²) in [6.45, 7) is 0.221. The number of carbonyl (C=O) groups is 2. The molecule has 1 aromatic heterocycles. The largest absolute Gasteiger partial charge is 0.395 e. The number of fused-ring (bicyclic) bond motifs is 2. The van der Waals surface area contributed by atoms with E-state index in [1.165, 1.54) is 9.47 Å². The molecule has 142 valence electrons. The summed E-state index contributed by atoms with van der Waals surface area (Å²) in [7, 11) is 0. The van der Waals surface area contributed by atoms with Crippen molar-refractivity contribution in [2.24, 2.45) is 0 Å². The predicted octanol–water partition coefficient (Wildman–Crippen LogP) is 1.62. The third-order valence-corrected chi connectivity index (χ3v) is 4.92. The van der Waals surface area contributed by atoms with Gasteiger partial charge in [0.2, 0.25) is 0 Å². The summed E-state index contributed by atoms with van der Waals surface area (Å²) in [6, 6.07) is 13.8. The highest BCUT2D eigenvalue weighted by molar-refractivity contribution is 6.21. The molecule has 0 spiro atoms. The van der Waals surface area contributed by atoms with Crippen molar-refractivity contribution in [2.45, 2.75) is 19.4 Å². The van der Waals surface area contributed by atoms with Gasteiger partial charge < -0.3 is 5.11 Å². The molecule has 0 aliphatic carbocycles. The second-order valence-electron chi connectivity index (χ2n) is 6.64. The Bertz CT molecular complexity index is 1100. The van der Waals surface area contributed by atoms with Gasteiger partial charge in [-0.1, -0.05) is 24.3 Å². The van der Waals surface area contributed by atoms with E-state index in [4.69, 9.17) is 0 Å². The molecule has 0 atom stereocenters. The third-order valence-electron chi connectivity index (χ3n) is 4.92. The van der Waals surface area contributed by atoms with Crippen molar-refractivity contribution in [3.63, 3.8) is 0 Å². The molecule has 1 aliphatic rings. The highest BCUT2D eigenvalue weighted by Gasteiger charge is 2.34. The normalized spacial score (nSPS) is 13.4. The van der Waals surface area contributed by atoms with Gasteiger partial charge in [-0.05, 0) is 30.7 Å². The number of benzene rings is 2. The summed E-state index contributed by atoms with van der Waals surface area (Å²) >= 11 is 0. The van der Waals surface area contributed by atoms with Crippen LogP contribution in [0.4, 0.5) is 0 Å². The molecule has 0 bridgehead atoms. The molecule has 3 aromatic rings. The lowest BCUT2D eigenvalue weighted by atomic mass is 10.1. The molecule has 1 N–H and O–H groups in total. The highest BCUT2D eigenvalue weighted by atomic mass is 16.3. The smallest absolute Gasteiger partial charge is 0.261 e. The molecule has 1 aliphatic heterocycles. The van der Waals surface area contributed by atoms with Crippen molar-refractivity contribution in [3.05, 3.63) is 75.8 Å². The summed E-state index contributed by atoms with van der Waals surface area (Å²) in [5.74, 6) is -0.0472. The van der Waals surface area contributed by atoms with Gasteiger partial charge in [-0.3, -0.25) is 23.9 Å². The molecule has 0 saturated carbocycles. The van der Waals surface area contributed by atoms with Gasteiger partial charge in [-0.25, -0.2) is 4.98 Å². The zero-order valence-corrected chi connectivity index (χ0v) is 15.2. The first-order valence-corrected chi connectivity index (χ1v) is 9.16. The molecule has 7 heteroatoms. The molecular formula is C21H19N3O4. The van der Waals surface area contributed by atoms with Gasteiger partial charge >= 0.3 is 0 Å². The topological polar surface area (TPSA) is 92.5 Å². The minimum absolute atomic E-state index is 0.152. The van der Waals surface area contributed by atoms with E-state index in [-0.39, 0.29) is 37.1 Å². The molecule has 28 heavy (non-hydrogen) atoms. The van der Waals surface area contributed by atoms with Crippen molar-refractivity contribution in [2.75, 3.05) is 13.2 Å². The van der Waals surface area contributed by atoms with Crippen LogP contribution in [0.5, 0.6) is 0 Å². The second kappa shape index (κ2) is 7.36. The van der Waals surface area contributed by atoms with E-state index in [1.54, 1.807) is 42.5 Å². The van der Waals surface area contributed by atoms with Crippen LogP contribution in [-0.2, 0) is 13.0 Å². The number of carbonyl (C=O) groups excluding carboxylic acids is 2. The Morgan fingerprint density at radius 1 is 0.857 bits per heavy atom. The minimum Gasteiger partial charge on any atom is -0.395 e. The fourth-order valence-corrected chi connectivity index (χ4v) is 3.57. The van der Waals surface area contributed by atoms with Crippen LogP contribution in [0.3, 0.4) is 0 Å². The SMILES string of the molecule is O=C1c2ccccc2C(=O)N1CCCc1nc2ccccc2c(=O)n1CCO. The van der Waals surface area contributed by atoms with Crippen LogP contribution >= 0.6 is 0 Å². The van der Waals surface area contributed by atoms with Crippen molar-refractivity contribution >= 4 is 22.7 Å². The zero-order chi connectivity index (χ0) is 19.7. The van der Waals surface area contributed by atoms with Crippen LogP contribution in [-0.4, -0.2) is 44.5 Å². The maximum Gasteiger partial charge on any atom is 0.261 e. The molecule has 2 amide bonds. The minimum atomic E-state index is -0.292.